The molecule has 1 aromatic carbocycles. The summed E-state index contributed by atoms with van der Waals surface area (Å²) >= 11 is 0. The summed E-state index contributed by atoms with van der Waals surface area (Å²) in [7, 11) is 0. The fourth-order valence-corrected chi connectivity index (χ4v) is 1.29. The molecule has 1 rings (SSSR count). The van der Waals surface area contributed by atoms with Crippen LogP contribution in [0, 0.1) is 11.2 Å². The molecule has 0 atom stereocenters. The van der Waals surface area contributed by atoms with Crippen LogP contribution in [-0.4, -0.2) is 29.7 Å². The van der Waals surface area contributed by atoms with Crippen molar-refractivity contribution in [3.8, 4) is 0 Å². The highest BCUT2D eigenvalue weighted by Crippen LogP contribution is 2.24. The van der Waals surface area contributed by atoms with Gasteiger partial charge in [-0.1, -0.05) is 20.8 Å². The van der Waals surface area contributed by atoms with Gasteiger partial charge in [-0.2, -0.15) is 26.3 Å². The van der Waals surface area contributed by atoms with Crippen molar-refractivity contribution in [3.63, 3.8) is 0 Å². The van der Waals surface area contributed by atoms with Crippen LogP contribution in [0.3, 0.4) is 0 Å². The van der Waals surface area contributed by atoms with Crippen molar-refractivity contribution in [3.05, 3.63) is 35.6 Å². The molecular formula is C15H13F7O3. The lowest BCUT2D eigenvalue weighted by atomic mass is 9.87. The van der Waals surface area contributed by atoms with Gasteiger partial charge in [0.2, 0.25) is 0 Å². The fraction of sp³-hybridized carbons (Fsp3) is 0.400. The van der Waals surface area contributed by atoms with Crippen LogP contribution in [0.5, 0.6) is 0 Å². The second-order valence-electron chi connectivity index (χ2n) is 5.74. The van der Waals surface area contributed by atoms with E-state index in [1.807, 2.05) is 20.8 Å². The van der Waals surface area contributed by atoms with Gasteiger partial charge in [0.05, 0.1) is 0 Å². The quantitative estimate of drug-likeness (QED) is 0.441. The number of carbonyl (C=O) groups is 3. The van der Waals surface area contributed by atoms with E-state index in [9.17, 15) is 45.1 Å². The first-order valence-corrected chi connectivity index (χ1v) is 6.51. The maximum Gasteiger partial charge on any atom is 0.458 e. The minimum absolute atomic E-state index is 0.0347. The smallest absolute Gasteiger partial charge is 0.294 e. The zero-order valence-electron chi connectivity index (χ0n) is 13.2. The molecule has 1 aromatic rings. The molecule has 0 saturated heterocycles. The molecule has 0 aliphatic rings. The van der Waals surface area contributed by atoms with Gasteiger partial charge in [0.15, 0.2) is 5.78 Å². The SMILES string of the molecule is CC(C)(C)C(=O)c1ccc(F)cc1.O=C(C(=O)C(F)(F)F)C(F)(F)F. The molecule has 0 fully saturated rings. The van der Waals surface area contributed by atoms with E-state index in [-0.39, 0.29) is 11.6 Å². The topological polar surface area (TPSA) is 51.2 Å². The molecule has 0 bridgehead atoms. The second-order valence-corrected chi connectivity index (χ2v) is 5.74. The summed E-state index contributed by atoms with van der Waals surface area (Å²) in [4.78, 5) is 30.9. The van der Waals surface area contributed by atoms with Gasteiger partial charge < -0.3 is 0 Å². The number of benzene rings is 1. The number of rotatable bonds is 2. The van der Waals surface area contributed by atoms with E-state index >= 15 is 0 Å². The van der Waals surface area contributed by atoms with Crippen LogP contribution in [-0.2, 0) is 9.59 Å². The summed E-state index contributed by atoms with van der Waals surface area (Å²) in [5.74, 6) is -7.09. The van der Waals surface area contributed by atoms with Gasteiger partial charge in [0.25, 0.3) is 0 Å². The normalized spacial score (nSPS) is 12.1. The third-order valence-electron chi connectivity index (χ3n) is 2.51. The van der Waals surface area contributed by atoms with Crippen LogP contribution < -0.4 is 0 Å². The molecule has 0 spiro atoms. The Kier molecular flexibility index (Phi) is 7.05. The van der Waals surface area contributed by atoms with Crippen LogP contribution in [0.15, 0.2) is 24.3 Å². The van der Waals surface area contributed by atoms with Gasteiger partial charge in [-0.3, -0.25) is 14.4 Å². The molecule has 0 radical (unpaired) electrons. The van der Waals surface area contributed by atoms with Crippen molar-refractivity contribution in [2.75, 3.05) is 0 Å². The average molecular weight is 374 g/mol. The number of ketones is 3. The molecule has 0 heterocycles. The number of alkyl halides is 6. The Morgan fingerprint density at radius 2 is 1.04 bits per heavy atom. The number of hydrogen-bond acceptors (Lipinski definition) is 3. The van der Waals surface area contributed by atoms with Crippen molar-refractivity contribution in [2.24, 2.45) is 5.41 Å². The molecule has 10 heteroatoms. The van der Waals surface area contributed by atoms with Crippen LogP contribution in [0.2, 0.25) is 0 Å². The van der Waals surface area contributed by atoms with E-state index < -0.39 is 29.3 Å². The van der Waals surface area contributed by atoms with Crippen molar-refractivity contribution >= 4 is 17.3 Å². The first-order valence-electron chi connectivity index (χ1n) is 6.51. The maximum atomic E-state index is 12.5. The van der Waals surface area contributed by atoms with Gasteiger partial charge >= 0.3 is 23.9 Å². The van der Waals surface area contributed by atoms with E-state index in [2.05, 4.69) is 0 Å². The molecule has 3 nitrogen and oxygen atoms in total. The first kappa shape index (κ1) is 22.7. The largest absolute Gasteiger partial charge is 0.458 e. The number of hydrogen-bond donors (Lipinski definition) is 0. The van der Waals surface area contributed by atoms with E-state index in [1.165, 1.54) is 24.3 Å². The third kappa shape index (κ3) is 7.44. The van der Waals surface area contributed by atoms with E-state index in [4.69, 9.17) is 0 Å². The summed E-state index contributed by atoms with van der Waals surface area (Å²) < 4.78 is 79.5. The molecule has 0 aliphatic heterocycles. The Balaban J connectivity index is 0.000000463. The molecule has 0 unspecified atom stereocenters. The van der Waals surface area contributed by atoms with Crippen LogP contribution in [0.4, 0.5) is 30.7 Å². The van der Waals surface area contributed by atoms with Gasteiger partial charge in [-0.15, -0.1) is 0 Å². The Hall–Kier alpha value is -2.26. The lowest BCUT2D eigenvalue weighted by Crippen LogP contribution is -2.39. The van der Waals surface area contributed by atoms with Gasteiger partial charge in [-0.25, -0.2) is 4.39 Å². The lowest BCUT2D eigenvalue weighted by molar-refractivity contribution is -0.193. The predicted octanol–water partition coefficient (Wildman–Crippen LogP) is 4.30. The lowest BCUT2D eigenvalue weighted by Gasteiger charge is -2.16. The summed E-state index contributed by atoms with van der Waals surface area (Å²) in [6, 6.07) is 5.64. The summed E-state index contributed by atoms with van der Waals surface area (Å²) in [5, 5.41) is 0. The minimum atomic E-state index is -5.77. The van der Waals surface area contributed by atoms with Crippen LogP contribution >= 0.6 is 0 Å². The number of carbonyl (C=O) groups excluding carboxylic acids is 3. The minimum Gasteiger partial charge on any atom is -0.294 e. The first-order chi connectivity index (χ1) is 11.0. The fourth-order valence-electron chi connectivity index (χ4n) is 1.29. The van der Waals surface area contributed by atoms with Crippen LogP contribution in [0.25, 0.3) is 0 Å². The van der Waals surface area contributed by atoms with E-state index in [0.717, 1.165) is 0 Å². The standard InChI is InChI=1S/C11H13FO.C4F6O2/c1-11(2,3)10(13)8-4-6-9(12)7-5-8;5-3(6,7)1(11)2(12)4(8,9)10/h4-7H,1-3H3;. The van der Waals surface area contributed by atoms with Crippen molar-refractivity contribution in [2.45, 2.75) is 33.1 Å². The maximum absolute atomic E-state index is 12.5. The van der Waals surface area contributed by atoms with E-state index in [0.29, 0.717) is 5.56 Å². The summed E-state index contributed by atoms with van der Waals surface area (Å²) in [5.41, 5.74) is 0.159. The predicted molar refractivity (Wildman–Crippen MR) is 72.3 cm³/mol. The van der Waals surface area contributed by atoms with Crippen molar-refractivity contribution in [1.29, 1.82) is 0 Å². The Labute approximate surface area is 137 Å². The van der Waals surface area contributed by atoms with Gasteiger partial charge in [-0.05, 0) is 24.3 Å². The Morgan fingerprint density at radius 3 is 1.28 bits per heavy atom. The van der Waals surface area contributed by atoms with E-state index in [1.54, 1.807) is 0 Å². The molecule has 0 saturated carbocycles. The molecular weight excluding hydrogens is 361 g/mol. The van der Waals surface area contributed by atoms with Gasteiger partial charge in [0.1, 0.15) is 5.82 Å². The summed E-state index contributed by atoms with van der Waals surface area (Å²) in [6.07, 6.45) is -11.5. The highest BCUT2D eigenvalue weighted by molar-refractivity contribution is 6.41. The molecule has 0 amide bonds. The molecule has 0 aromatic heterocycles. The Bertz CT molecular complexity index is 611. The highest BCUT2D eigenvalue weighted by atomic mass is 19.4. The molecule has 140 valence electrons. The molecule has 25 heavy (non-hydrogen) atoms. The molecule has 0 aliphatic carbocycles. The van der Waals surface area contributed by atoms with Crippen LogP contribution in [0.1, 0.15) is 31.1 Å². The monoisotopic (exact) mass is 374 g/mol. The zero-order chi connectivity index (χ0) is 20.2. The van der Waals surface area contributed by atoms with Crippen molar-refractivity contribution < 1.29 is 45.1 Å². The second kappa shape index (κ2) is 7.75. The molecule has 0 N–H and O–H groups in total. The third-order valence-corrected chi connectivity index (χ3v) is 2.51. The Morgan fingerprint density at radius 1 is 0.720 bits per heavy atom. The highest BCUT2D eigenvalue weighted by Gasteiger charge is 2.54. The van der Waals surface area contributed by atoms with Crippen molar-refractivity contribution in [1.82, 2.24) is 0 Å². The average Bonchev–Trinajstić information content (AvgIpc) is 2.43. The summed E-state index contributed by atoms with van der Waals surface area (Å²) in [6.45, 7) is 5.54. The number of Topliss-reactive ketones (excluding diaryl/α,β-unsaturated/α-hetero) is 3. The van der Waals surface area contributed by atoms with Gasteiger partial charge in [0, 0.05) is 11.0 Å². The zero-order valence-corrected chi connectivity index (χ0v) is 13.2. The number of halogens is 7.